The number of phenols is 2. The van der Waals surface area contributed by atoms with Gasteiger partial charge in [0.25, 0.3) is 0 Å². The summed E-state index contributed by atoms with van der Waals surface area (Å²) in [6, 6.07) is 41.3. The fraction of sp³-hybridized carbons (Fsp3) is 0.0857. The largest absolute Gasteiger partial charge is 0.507 e. The molecule has 0 atom stereocenters. The van der Waals surface area contributed by atoms with Crippen LogP contribution in [0.5, 0.6) is 11.5 Å². The molecular formula is C35H28O2. The summed E-state index contributed by atoms with van der Waals surface area (Å²) in [6.45, 7) is 4.20. The van der Waals surface area contributed by atoms with Crippen LogP contribution < -0.4 is 0 Å². The summed E-state index contributed by atoms with van der Waals surface area (Å²) in [6.07, 6.45) is 0. The smallest absolute Gasteiger partial charge is 0.126 e. The Morgan fingerprint density at radius 2 is 1.05 bits per heavy atom. The van der Waals surface area contributed by atoms with Gasteiger partial charge in [0.15, 0.2) is 0 Å². The third-order valence-corrected chi connectivity index (χ3v) is 7.73. The van der Waals surface area contributed by atoms with Crippen molar-refractivity contribution in [2.75, 3.05) is 0 Å². The highest BCUT2D eigenvalue weighted by molar-refractivity contribution is 5.92. The number of benzene rings is 6. The second-order valence-electron chi connectivity index (χ2n) is 9.88. The van der Waals surface area contributed by atoms with Crippen molar-refractivity contribution in [1.29, 1.82) is 0 Å². The second-order valence-corrected chi connectivity index (χ2v) is 9.88. The van der Waals surface area contributed by atoms with Crippen molar-refractivity contribution >= 4 is 21.5 Å². The molecule has 0 fully saturated rings. The predicted molar refractivity (Wildman–Crippen MR) is 153 cm³/mol. The molecule has 0 spiro atoms. The number of aryl methyl sites for hydroxylation is 1. The summed E-state index contributed by atoms with van der Waals surface area (Å²) in [4.78, 5) is 0. The van der Waals surface area contributed by atoms with Crippen molar-refractivity contribution in [3.63, 3.8) is 0 Å². The highest BCUT2D eigenvalue weighted by atomic mass is 16.3. The minimum Gasteiger partial charge on any atom is -0.507 e. The van der Waals surface area contributed by atoms with E-state index >= 15 is 0 Å². The lowest BCUT2D eigenvalue weighted by molar-refractivity contribution is 0.466. The Kier molecular flexibility index (Phi) is 5.46. The van der Waals surface area contributed by atoms with Gasteiger partial charge in [-0.2, -0.15) is 0 Å². The zero-order chi connectivity index (χ0) is 25.6. The monoisotopic (exact) mass is 480 g/mol. The Hall–Kier alpha value is -4.56. The molecule has 0 aliphatic rings. The number of fused-ring (bicyclic) bond motifs is 2. The maximum Gasteiger partial charge on any atom is 0.126 e. The molecule has 0 aromatic heterocycles. The van der Waals surface area contributed by atoms with Gasteiger partial charge in [0.2, 0.25) is 0 Å². The minimum atomic E-state index is -0.556. The SMILES string of the molecule is Cc1cc(C(C)(c2cccc3ccccc23)c2cccc3ccccc23)cc(-c2ccccc2O)c1O. The van der Waals surface area contributed by atoms with Crippen molar-refractivity contribution in [3.05, 3.63) is 144 Å². The van der Waals surface area contributed by atoms with E-state index in [9.17, 15) is 10.2 Å². The van der Waals surface area contributed by atoms with Gasteiger partial charge in [-0.15, -0.1) is 0 Å². The van der Waals surface area contributed by atoms with E-state index in [1.807, 2.05) is 25.1 Å². The molecule has 6 aromatic carbocycles. The van der Waals surface area contributed by atoms with Crippen LogP contribution in [-0.2, 0) is 5.41 Å². The highest BCUT2D eigenvalue weighted by Crippen LogP contribution is 2.48. The molecule has 0 saturated carbocycles. The van der Waals surface area contributed by atoms with Gasteiger partial charge in [-0.1, -0.05) is 109 Å². The first-order chi connectivity index (χ1) is 18.0. The number of rotatable bonds is 4. The van der Waals surface area contributed by atoms with E-state index < -0.39 is 5.41 Å². The number of hydrogen-bond donors (Lipinski definition) is 2. The first-order valence-corrected chi connectivity index (χ1v) is 12.6. The minimum absolute atomic E-state index is 0.145. The Balaban J connectivity index is 1.75. The topological polar surface area (TPSA) is 40.5 Å². The van der Waals surface area contributed by atoms with E-state index in [0.717, 1.165) is 11.1 Å². The molecule has 0 aliphatic heterocycles. The molecule has 180 valence electrons. The molecule has 2 nitrogen and oxygen atoms in total. The molecule has 6 aromatic rings. The number of aromatic hydroxyl groups is 2. The van der Waals surface area contributed by atoms with Crippen molar-refractivity contribution in [3.8, 4) is 22.6 Å². The zero-order valence-electron chi connectivity index (χ0n) is 20.9. The maximum atomic E-state index is 11.1. The van der Waals surface area contributed by atoms with Crippen molar-refractivity contribution in [2.24, 2.45) is 0 Å². The van der Waals surface area contributed by atoms with Crippen LogP contribution >= 0.6 is 0 Å². The Morgan fingerprint density at radius 3 is 1.65 bits per heavy atom. The molecule has 2 heteroatoms. The quantitative estimate of drug-likeness (QED) is 0.248. The fourth-order valence-corrected chi connectivity index (χ4v) is 5.75. The lowest BCUT2D eigenvalue weighted by atomic mass is 9.67. The average molecular weight is 481 g/mol. The fourth-order valence-electron chi connectivity index (χ4n) is 5.75. The van der Waals surface area contributed by atoms with Crippen molar-refractivity contribution in [2.45, 2.75) is 19.3 Å². The molecular weight excluding hydrogens is 452 g/mol. The standard InChI is InChI=1S/C35H28O2/c1-23-21-26(22-30(34(23)37)29-17-7-8-20-33(29)36)35(2,31-18-9-13-24-11-3-5-15-27(24)31)32-19-10-14-25-12-4-6-16-28(25)32/h3-22,36-37H,1-2H3. The molecule has 0 unspecified atom stereocenters. The van der Waals surface area contributed by atoms with Crippen LogP contribution in [0.25, 0.3) is 32.7 Å². The van der Waals surface area contributed by atoms with E-state index in [4.69, 9.17) is 0 Å². The van der Waals surface area contributed by atoms with Crippen molar-refractivity contribution < 1.29 is 10.2 Å². The van der Waals surface area contributed by atoms with Gasteiger partial charge in [-0.25, -0.2) is 0 Å². The zero-order valence-corrected chi connectivity index (χ0v) is 20.9. The van der Waals surface area contributed by atoms with Gasteiger partial charge in [0.05, 0.1) is 0 Å². The van der Waals surface area contributed by atoms with Crippen LogP contribution in [0.4, 0.5) is 0 Å². The number of phenolic OH excluding ortho intramolecular Hbond substituents is 2. The Morgan fingerprint density at radius 1 is 0.541 bits per heavy atom. The van der Waals surface area contributed by atoms with Crippen LogP contribution in [-0.4, -0.2) is 10.2 Å². The van der Waals surface area contributed by atoms with Crippen LogP contribution in [0.15, 0.2) is 121 Å². The van der Waals surface area contributed by atoms with Gasteiger partial charge in [0, 0.05) is 16.5 Å². The predicted octanol–water partition coefficient (Wildman–Crippen LogP) is 8.73. The van der Waals surface area contributed by atoms with Crippen LogP contribution in [0, 0.1) is 6.92 Å². The third-order valence-electron chi connectivity index (χ3n) is 7.73. The average Bonchev–Trinajstić information content (AvgIpc) is 2.94. The Bertz CT molecular complexity index is 1690. The summed E-state index contributed by atoms with van der Waals surface area (Å²) in [5.41, 5.74) is 4.88. The van der Waals surface area contributed by atoms with Gasteiger partial charge in [-0.05, 0) is 69.8 Å². The van der Waals surface area contributed by atoms with Crippen molar-refractivity contribution in [1.82, 2.24) is 0 Å². The lowest BCUT2D eigenvalue weighted by Gasteiger charge is -2.35. The number of hydrogen-bond acceptors (Lipinski definition) is 2. The molecule has 0 bridgehead atoms. The van der Waals surface area contributed by atoms with Gasteiger partial charge < -0.3 is 10.2 Å². The molecule has 0 heterocycles. The lowest BCUT2D eigenvalue weighted by Crippen LogP contribution is -2.26. The van der Waals surface area contributed by atoms with E-state index in [1.165, 1.54) is 32.7 Å². The normalized spacial score (nSPS) is 11.7. The van der Waals surface area contributed by atoms with E-state index in [1.54, 1.807) is 12.1 Å². The first kappa shape index (κ1) is 22.9. The molecule has 0 amide bonds. The molecule has 6 rings (SSSR count). The molecule has 37 heavy (non-hydrogen) atoms. The second kappa shape index (κ2) is 8.83. The summed E-state index contributed by atoms with van der Waals surface area (Å²) >= 11 is 0. The van der Waals surface area contributed by atoms with Gasteiger partial charge in [-0.3, -0.25) is 0 Å². The highest BCUT2D eigenvalue weighted by Gasteiger charge is 2.35. The maximum absolute atomic E-state index is 11.1. The Labute approximate surface area is 217 Å². The summed E-state index contributed by atoms with van der Waals surface area (Å²) < 4.78 is 0. The summed E-state index contributed by atoms with van der Waals surface area (Å²) in [7, 11) is 0. The molecule has 0 aliphatic carbocycles. The van der Waals surface area contributed by atoms with Crippen LogP contribution in [0.3, 0.4) is 0 Å². The van der Waals surface area contributed by atoms with E-state index in [0.29, 0.717) is 11.1 Å². The first-order valence-electron chi connectivity index (χ1n) is 12.6. The molecule has 0 radical (unpaired) electrons. The van der Waals surface area contributed by atoms with E-state index in [2.05, 4.69) is 97.9 Å². The van der Waals surface area contributed by atoms with E-state index in [-0.39, 0.29) is 11.5 Å². The number of para-hydroxylation sites is 1. The third kappa shape index (κ3) is 3.65. The molecule has 2 N–H and O–H groups in total. The van der Waals surface area contributed by atoms with Crippen LogP contribution in [0.2, 0.25) is 0 Å². The summed E-state index contributed by atoms with van der Waals surface area (Å²) in [5.74, 6) is 0.329. The van der Waals surface area contributed by atoms with Crippen LogP contribution in [0.1, 0.15) is 29.2 Å². The van der Waals surface area contributed by atoms with Gasteiger partial charge in [0.1, 0.15) is 11.5 Å². The van der Waals surface area contributed by atoms with Gasteiger partial charge >= 0.3 is 0 Å². The summed E-state index contributed by atoms with van der Waals surface area (Å²) in [5, 5.41) is 26.6. The molecule has 0 saturated heterocycles.